The van der Waals surface area contributed by atoms with Gasteiger partial charge in [-0.25, -0.2) is 14.6 Å². The number of amides is 1. The minimum Gasteiger partial charge on any atom is -0.463 e. The Morgan fingerprint density at radius 2 is 1.68 bits per heavy atom. The minimum atomic E-state index is -1.57. The first-order valence-electron chi connectivity index (χ1n) is 15.8. The lowest BCUT2D eigenvalue weighted by atomic mass is 9.99. The summed E-state index contributed by atoms with van der Waals surface area (Å²) in [5, 5.41) is 22.2. The molecule has 3 rings (SSSR count). The van der Waals surface area contributed by atoms with Crippen LogP contribution in [-0.2, 0) is 19.0 Å². The molecule has 1 aliphatic rings. The van der Waals surface area contributed by atoms with Gasteiger partial charge in [0.05, 0.1) is 19.5 Å². The zero-order valence-corrected chi connectivity index (χ0v) is 26.4. The molecule has 2 aromatic rings. The van der Waals surface area contributed by atoms with Crippen molar-refractivity contribution >= 4 is 40.6 Å². The van der Waals surface area contributed by atoms with Crippen LogP contribution in [0.4, 0.5) is 10.6 Å². The predicted molar refractivity (Wildman–Crippen MR) is 166 cm³/mol. The molecule has 3 atom stereocenters. The minimum absolute atomic E-state index is 0.0524. The Morgan fingerprint density at radius 3 is 2.25 bits per heavy atom. The predicted octanol–water partition coefficient (Wildman–Crippen LogP) is 5.70. The molecule has 244 valence electrons. The van der Waals surface area contributed by atoms with E-state index in [4.69, 9.17) is 32.2 Å². The molecule has 0 unspecified atom stereocenters. The number of esters is 1. The highest BCUT2D eigenvalue weighted by Crippen LogP contribution is 2.38. The molecular weight excluding hydrogens is 590 g/mol. The number of carbonyl (C=O) groups is 2. The Bertz CT molecular complexity index is 1240. The molecule has 0 saturated carbocycles. The first-order chi connectivity index (χ1) is 21.3. The van der Waals surface area contributed by atoms with E-state index in [9.17, 15) is 19.8 Å². The largest absolute Gasteiger partial charge is 0.463 e. The van der Waals surface area contributed by atoms with Gasteiger partial charge in [0.1, 0.15) is 12.3 Å². The lowest BCUT2D eigenvalue weighted by molar-refractivity contribution is -0.147. The van der Waals surface area contributed by atoms with Crippen molar-refractivity contribution in [2.24, 2.45) is 0 Å². The molecule has 0 aliphatic carbocycles. The molecule has 1 amide bonds. The number of fused-ring (bicyclic) bond motifs is 1. The van der Waals surface area contributed by atoms with Gasteiger partial charge < -0.3 is 24.4 Å². The maximum Gasteiger partial charge on any atom is 0.413 e. The van der Waals surface area contributed by atoms with Crippen LogP contribution in [0.5, 0.6) is 0 Å². The van der Waals surface area contributed by atoms with Crippen LogP contribution in [0, 0.1) is 12.3 Å². The number of nitrogens with one attached hydrogen (secondary N) is 1. The van der Waals surface area contributed by atoms with Crippen LogP contribution in [0.15, 0.2) is 6.33 Å². The number of anilines is 1. The summed E-state index contributed by atoms with van der Waals surface area (Å²) in [6.07, 6.45) is 21.4. The Balaban J connectivity index is 1.31. The van der Waals surface area contributed by atoms with E-state index in [1.807, 2.05) is 0 Å². The Kier molecular flexibility index (Phi) is 15.1. The van der Waals surface area contributed by atoms with E-state index in [0.29, 0.717) is 0 Å². The third kappa shape index (κ3) is 10.6. The third-order valence-electron chi connectivity index (χ3n) is 7.80. The molecule has 0 spiro atoms. The number of ether oxygens (including phenoxy) is 3. The molecule has 44 heavy (non-hydrogen) atoms. The van der Waals surface area contributed by atoms with Crippen LogP contribution >= 0.6 is 11.6 Å². The molecule has 0 radical (unpaired) electrons. The third-order valence-corrected chi connectivity index (χ3v) is 7.96. The van der Waals surface area contributed by atoms with E-state index in [-0.39, 0.29) is 35.3 Å². The number of aliphatic hydroxyl groups is 2. The maximum atomic E-state index is 12.4. The average molecular weight is 636 g/mol. The Hall–Kier alpha value is -2.98. The topological polar surface area (TPSA) is 158 Å². The van der Waals surface area contributed by atoms with Crippen LogP contribution < -0.4 is 5.32 Å². The zero-order valence-electron chi connectivity index (χ0n) is 25.6. The first kappa shape index (κ1) is 35.5. The number of halogens is 1. The summed E-state index contributed by atoms with van der Waals surface area (Å²) < 4.78 is 17.4. The van der Waals surface area contributed by atoms with E-state index in [2.05, 4.69) is 33.1 Å². The van der Waals surface area contributed by atoms with Crippen LogP contribution in [0.25, 0.3) is 11.2 Å². The van der Waals surface area contributed by atoms with Crippen molar-refractivity contribution in [3.8, 4) is 12.3 Å². The molecule has 1 fully saturated rings. The lowest BCUT2D eigenvalue weighted by Crippen LogP contribution is -2.41. The molecule has 0 bridgehead atoms. The SMILES string of the molecule is C#C[C@]1(CO)O[C@@H](n2cnc3c(NC(=O)OCC(=O)OCCCCCCCCCCCCCCCC)nc(Cl)nc32)C[C@@H]1O. The highest BCUT2D eigenvalue weighted by atomic mass is 35.5. The zero-order chi connectivity index (χ0) is 31.8. The number of terminal acetylenes is 1. The summed E-state index contributed by atoms with van der Waals surface area (Å²) in [6.45, 7) is 1.38. The van der Waals surface area contributed by atoms with Gasteiger partial charge in [0.15, 0.2) is 29.2 Å². The molecule has 3 heterocycles. The van der Waals surface area contributed by atoms with Crippen LogP contribution in [0.2, 0.25) is 5.28 Å². The number of aromatic nitrogens is 4. The number of aliphatic hydroxyl groups excluding tert-OH is 2. The molecule has 1 saturated heterocycles. The Morgan fingerprint density at radius 1 is 1.07 bits per heavy atom. The fourth-order valence-corrected chi connectivity index (χ4v) is 5.37. The second kappa shape index (κ2) is 18.7. The summed E-state index contributed by atoms with van der Waals surface area (Å²) in [5.74, 6) is 1.60. The molecule has 0 aromatic carbocycles. The fourth-order valence-electron chi connectivity index (χ4n) is 5.21. The second-order valence-electron chi connectivity index (χ2n) is 11.2. The summed E-state index contributed by atoms with van der Waals surface area (Å²) >= 11 is 6.07. The van der Waals surface area contributed by atoms with Crippen molar-refractivity contribution < 1.29 is 34.0 Å². The number of unbranched alkanes of at least 4 members (excludes halogenated alkanes) is 13. The van der Waals surface area contributed by atoms with Crippen molar-refractivity contribution in [1.29, 1.82) is 0 Å². The van der Waals surface area contributed by atoms with Gasteiger partial charge in [-0.3, -0.25) is 9.88 Å². The molecular formula is C31H46ClN5O7. The smallest absolute Gasteiger partial charge is 0.413 e. The van der Waals surface area contributed by atoms with Gasteiger partial charge in [-0.15, -0.1) is 6.42 Å². The monoisotopic (exact) mass is 635 g/mol. The van der Waals surface area contributed by atoms with Crippen molar-refractivity contribution in [3.63, 3.8) is 0 Å². The maximum absolute atomic E-state index is 12.4. The van der Waals surface area contributed by atoms with Crippen LogP contribution in [0.1, 0.15) is 109 Å². The van der Waals surface area contributed by atoms with Crippen molar-refractivity contribution in [3.05, 3.63) is 11.6 Å². The van der Waals surface area contributed by atoms with Gasteiger partial charge in [0.25, 0.3) is 0 Å². The summed E-state index contributed by atoms with van der Waals surface area (Å²) in [5.41, 5.74) is -1.22. The van der Waals surface area contributed by atoms with Crippen molar-refractivity contribution in [2.75, 3.05) is 25.1 Å². The molecule has 3 N–H and O–H groups in total. The van der Waals surface area contributed by atoms with Gasteiger partial charge in [-0.1, -0.05) is 96.3 Å². The van der Waals surface area contributed by atoms with Crippen LogP contribution in [-0.4, -0.2) is 73.3 Å². The number of rotatable bonds is 20. The average Bonchev–Trinajstić information content (AvgIpc) is 3.58. The Labute approximate surface area is 264 Å². The summed E-state index contributed by atoms with van der Waals surface area (Å²) in [7, 11) is 0. The van der Waals surface area contributed by atoms with Crippen molar-refractivity contribution in [2.45, 2.75) is 121 Å². The van der Waals surface area contributed by atoms with Gasteiger partial charge in [0, 0.05) is 6.42 Å². The standard InChI is InChI=1S/C31H46ClN5O7/c1-3-5-6-7-8-9-10-11-12-13-14-15-16-17-18-42-25(40)20-43-30(41)35-27-26-28(36-29(32)34-27)37(22-33-26)24-19-23(39)31(4-2,21-38)44-24/h2,22-24,38-39H,3,5-21H2,1H3,(H,34,35,36,41)/t23-,24+,31+/m0/s1. The number of nitrogens with zero attached hydrogens (tertiary/aromatic N) is 4. The molecule has 13 heteroatoms. The van der Waals surface area contributed by atoms with Gasteiger partial charge in [-0.05, 0) is 18.0 Å². The van der Waals surface area contributed by atoms with E-state index < -0.39 is 43.2 Å². The first-order valence-corrected chi connectivity index (χ1v) is 16.1. The van der Waals surface area contributed by atoms with Gasteiger partial charge >= 0.3 is 12.1 Å². The van der Waals surface area contributed by atoms with Gasteiger partial charge in [-0.2, -0.15) is 9.97 Å². The molecule has 12 nitrogen and oxygen atoms in total. The fraction of sp³-hybridized carbons (Fsp3) is 0.710. The number of hydrogen-bond acceptors (Lipinski definition) is 10. The van der Waals surface area contributed by atoms with E-state index in [1.54, 1.807) is 0 Å². The number of carbonyl (C=O) groups excluding carboxylic acids is 2. The van der Waals surface area contributed by atoms with Gasteiger partial charge in [0.2, 0.25) is 5.28 Å². The van der Waals surface area contributed by atoms with E-state index in [0.717, 1.165) is 19.3 Å². The summed E-state index contributed by atoms with van der Waals surface area (Å²) in [4.78, 5) is 36.8. The van der Waals surface area contributed by atoms with E-state index in [1.165, 1.54) is 81.5 Å². The molecule has 1 aliphatic heterocycles. The number of imidazole rings is 1. The molecule has 2 aromatic heterocycles. The number of hydrogen-bond donors (Lipinski definition) is 3. The highest BCUT2D eigenvalue weighted by Gasteiger charge is 2.47. The van der Waals surface area contributed by atoms with Crippen LogP contribution in [0.3, 0.4) is 0 Å². The normalized spacial score (nSPS) is 19.6. The summed E-state index contributed by atoms with van der Waals surface area (Å²) in [6, 6.07) is 0. The van der Waals surface area contributed by atoms with Crippen molar-refractivity contribution in [1.82, 2.24) is 19.5 Å². The van der Waals surface area contributed by atoms with E-state index >= 15 is 0 Å². The quantitative estimate of drug-likeness (QED) is 0.0713. The lowest BCUT2D eigenvalue weighted by Gasteiger charge is -2.23. The second-order valence-corrected chi connectivity index (χ2v) is 11.5. The highest BCUT2D eigenvalue weighted by molar-refractivity contribution is 6.28.